The molecule has 0 unspecified atom stereocenters. The molecule has 2 aliphatic heterocycles. The predicted molar refractivity (Wildman–Crippen MR) is 121 cm³/mol. The molecule has 0 bridgehead atoms. The number of esters is 1. The number of nitrogens with zero attached hydrogens (tertiary/aromatic N) is 2. The number of hydrogen-bond acceptors (Lipinski definition) is 4. The Balaban J connectivity index is 1.79. The number of hydrogen-bond donors (Lipinski definition) is 1. The minimum absolute atomic E-state index is 0.232. The zero-order valence-corrected chi connectivity index (χ0v) is 18.1. The third-order valence-electron chi connectivity index (χ3n) is 5.11. The monoisotopic (exact) mass is 435 g/mol. The summed E-state index contributed by atoms with van der Waals surface area (Å²) >= 11 is 5.97. The van der Waals surface area contributed by atoms with E-state index in [1.807, 2.05) is 19.9 Å². The Morgan fingerprint density at radius 1 is 1.19 bits per heavy atom. The van der Waals surface area contributed by atoms with Crippen molar-refractivity contribution in [1.29, 1.82) is 0 Å². The van der Waals surface area contributed by atoms with Crippen molar-refractivity contribution in [3.63, 3.8) is 0 Å². The molecule has 0 radical (unpaired) electrons. The number of unbranched alkanes of at least 4 members (excludes halogenated alkanes) is 1. The third-order valence-corrected chi connectivity index (χ3v) is 5.36. The molecule has 7 heteroatoms. The summed E-state index contributed by atoms with van der Waals surface area (Å²) in [6.07, 6.45) is 3.45. The quantitative estimate of drug-likeness (QED) is 0.331. The van der Waals surface area contributed by atoms with Gasteiger partial charge in [-0.1, -0.05) is 37.1 Å². The van der Waals surface area contributed by atoms with E-state index >= 15 is 0 Å². The number of benzene rings is 2. The summed E-state index contributed by atoms with van der Waals surface area (Å²) in [6, 6.07) is 14.1. The second kappa shape index (κ2) is 8.78. The lowest BCUT2D eigenvalue weighted by molar-refractivity contribution is 0.0500. The number of carbonyl (C=O) groups excluding carboxylic acids is 1. The van der Waals surface area contributed by atoms with Crippen LogP contribution in [0.5, 0.6) is 0 Å². The number of aromatic nitrogens is 3. The summed E-state index contributed by atoms with van der Waals surface area (Å²) < 4.78 is 6.70. The van der Waals surface area contributed by atoms with E-state index < -0.39 is 0 Å². The highest BCUT2D eigenvalue weighted by Crippen LogP contribution is 2.33. The standard InChI is InChI=1S/C24H22ClN3O3/c1-3-4-12-31-24(30)17-7-5-6-16(13-17)21-15(2)26-14-20-22(21)27-28(23(20)29)19-10-8-18(25)9-11-19/h5-11,13-14,26H,3-4,12H2,1-2H3. The van der Waals surface area contributed by atoms with Gasteiger partial charge < -0.3 is 9.72 Å². The van der Waals surface area contributed by atoms with E-state index in [1.54, 1.807) is 48.7 Å². The molecule has 0 atom stereocenters. The fraction of sp³-hybridized carbons (Fsp3) is 0.208. The highest BCUT2D eigenvalue weighted by molar-refractivity contribution is 6.30. The maximum atomic E-state index is 13.0. The zero-order valence-electron chi connectivity index (χ0n) is 17.3. The van der Waals surface area contributed by atoms with Crippen LogP contribution in [0.1, 0.15) is 35.8 Å². The van der Waals surface area contributed by atoms with Gasteiger partial charge in [0.2, 0.25) is 0 Å². The number of aromatic amines is 1. The molecule has 2 aliphatic rings. The minimum atomic E-state index is -0.361. The summed E-state index contributed by atoms with van der Waals surface area (Å²) in [5.74, 6) is -0.361. The van der Waals surface area contributed by atoms with E-state index in [2.05, 4.69) is 10.1 Å². The molecule has 158 valence electrons. The van der Waals surface area contributed by atoms with E-state index in [-0.39, 0.29) is 11.5 Å². The van der Waals surface area contributed by atoms with Crippen LogP contribution in [0, 0.1) is 6.92 Å². The number of ether oxygens (including phenoxy) is 1. The number of H-pyrrole nitrogens is 1. The average molecular weight is 436 g/mol. The van der Waals surface area contributed by atoms with Crippen molar-refractivity contribution >= 4 is 17.6 Å². The van der Waals surface area contributed by atoms with E-state index in [4.69, 9.17) is 16.3 Å². The molecule has 4 rings (SSSR count). The maximum absolute atomic E-state index is 13.0. The first-order valence-corrected chi connectivity index (χ1v) is 10.5. The van der Waals surface area contributed by atoms with Crippen molar-refractivity contribution in [3.05, 3.63) is 81.4 Å². The number of aryl methyl sites for hydroxylation is 1. The highest BCUT2D eigenvalue weighted by Gasteiger charge is 2.23. The fourth-order valence-corrected chi connectivity index (χ4v) is 3.59. The third kappa shape index (κ3) is 4.11. The lowest BCUT2D eigenvalue weighted by Gasteiger charge is -2.11. The first-order valence-electron chi connectivity index (χ1n) is 10.1. The van der Waals surface area contributed by atoms with Gasteiger partial charge in [0.05, 0.1) is 23.4 Å². The van der Waals surface area contributed by atoms with Crippen molar-refractivity contribution in [2.24, 2.45) is 0 Å². The average Bonchev–Trinajstić information content (AvgIpc) is 3.10. The van der Waals surface area contributed by atoms with Crippen LogP contribution in [0.2, 0.25) is 5.02 Å². The molecule has 2 aromatic rings. The van der Waals surface area contributed by atoms with Crippen molar-refractivity contribution in [1.82, 2.24) is 14.8 Å². The van der Waals surface area contributed by atoms with Gasteiger partial charge in [0.1, 0.15) is 5.69 Å². The number of rotatable bonds is 6. The predicted octanol–water partition coefficient (Wildman–Crippen LogP) is 5.25. The number of pyridine rings is 1. The Kier molecular flexibility index (Phi) is 5.91. The summed E-state index contributed by atoms with van der Waals surface area (Å²) in [4.78, 5) is 28.6. The smallest absolute Gasteiger partial charge is 0.338 e. The second-order valence-corrected chi connectivity index (χ2v) is 7.75. The summed E-state index contributed by atoms with van der Waals surface area (Å²) in [5, 5.41) is 5.19. The molecule has 2 aromatic carbocycles. The molecule has 0 aromatic heterocycles. The largest absolute Gasteiger partial charge is 0.462 e. The molecule has 0 aliphatic carbocycles. The Morgan fingerprint density at radius 3 is 2.71 bits per heavy atom. The van der Waals surface area contributed by atoms with Gasteiger partial charge in [0, 0.05) is 22.5 Å². The van der Waals surface area contributed by atoms with Gasteiger partial charge in [-0.15, -0.1) is 0 Å². The second-order valence-electron chi connectivity index (χ2n) is 7.31. The topological polar surface area (TPSA) is 77.0 Å². The van der Waals surface area contributed by atoms with Crippen molar-refractivity contribution in [3.8, 4) is 28.1 Å². The van der Waals surface area contributed by atoms with Crippen molar-refractivity contribution < 1.29 is 9.53 Å². The molecule has 0 saturated carbocycles. The van der Waals surface area contributed by atoms with Crippen LogP contribution < -0.4 is 5.56 Å². The van der Waals surface area contributed by atoms with Crippen LogP contribution >= 0.6 is 11.6 Å². The van der Waals surface area contributed by atoms with Crippen LogP contribution in [-0.4, -0.2) is 27.3 Å². The number of fused-ring (bicyclic) bond motifs is 1. The van der Waals surface area contributed by atoms with E-state index in [0.29, 0.717) is 34.1 Å². The minimum Gasteiger partial charge on any atom is -0.462 e. The van der Waals surface area contributed by atoms with Gasteiger partial charge in [-0.05, 0) is 55.3 Å². The highest BCUT2D eigenvalue weighted by atomic mass is 35.5. The molecule has 0 amide bonds. The SMILES string of the molecule is CCCCOC(=O)c1cccc(-c2c3nn(-c4ccc(Cl)cc4)c(=O)c-3c[nH]c2C)c1. The summed E-state index contributed by atoms with van der Waals surface area (Å²) in [7, 11) is 0. The summed E-state index contributed by atoms with van der Waals surface area (Å²) in [5.41, 5.74) is 4.27. The van der Waals surface area contributed by atoms with Crippen LogP contribution in [0.15, 0.2) is 59.5 Å². The number of carbonyl (C=O) groups is 1. The van der Waals surface area contributed by atoms with Crippen LogP contribution in [-0.2, 0) is 4.74 Å². The first kappa shape index (κ1) is 20.9. The normalized spacial score (nSPS) is 11.1. The molecule has 2 heterocycles. The van der Waals surface area contributed by atoms with Gasteiger partial charge in [-0.3, -0.25) is 4.79 Å². The molecule has 6 nitrogen and oxygen atoms in total. The van der Waals surface area contributed by atoms with E-state index in [0.717, 1.165) is 29.7 Å². The first-order chi connectivity index (χ1) is 15.0. The lowest BCUT2D eigenvalue weighted by Crippen LogP contribution is -2.14. The zero-order chi connectivity index (χ0) is 22.0. The Bertz CT molecular complexity index is 1260. The number of nitrogens with one attached hydrogen (secondary N) is 1. The molecular weight excluding hydrogens is 414 g/mol. The van der Waals surface area contributed by atoms with Crippen LogP contribution in [0.25, 0.3) is 28.1 Å². The fourth-order valence-electron chi connectivity index (χ4n) is 3.46. The summed E-state index contributed by atoms with van der Waals surface area (Å²) in [6.45, 7) is 4.35. The van der Waals surface area contributed by atoms with Gasteiger partial charge >= 0.3 is 5.97 Å². The van der Waals surface area contributed by atoms with Gasteiger partial charge in [0.15, 0.2) is 0 Å². The molecular formula is C24H22ClN3O3. The van der Waals surface area contributed by atoms with Crippen LogP contribution in [0.4, 0.5) is 0 Å². The lowest BCUT2D eigenvalue weighted by atomic mass is 9.97. The van der Waals surface area contributed by atoms with E-state index in [9.17, 15) is 9.59 Å². The molecule has 31 heavy (non-hydrogen) atoms. The Hall–Kier alpha value is -3.38. The van der Waals surface area contributed by atoms with Gasteiger partial charge in [0.25, 0.3) is 5.56 Å². The molecule has 0 saturated heterocycles. The van der Waals surface area contributed by atoms with Gasteiger partial charge in [-0.2, -0.15) is 9.78 Å². The van der Waals surface area contributed by atoms with Crippen molar-refractivity contribution in [2.75, 3.05) is 6.61 Å². The molecule has 0 spiro atoms. The molecule has 1 N–H and O–H groups in total. The maximum Gasteiger partial charge on any atom is 0.338 e. The molecule has 0 fully saturated rings. The number of halogens is 1. The Morgan fingerprint density at radius 2 is 1.97 bits per heavy atom. The van der Waals surface area contributed by atoms with Gasteiger partial charge in [-0.25, -0.2) is 4.79 Å². The van der Waals surface area contributed by atoms with E-state index in [1.165, 1.54) is 4.68 Å². The van der Waals surface area contributed by atoms with Crippen LogP contribution in [0.3, 0.4) is 0 Å². The van der Waals surface area contributed by atoms with Crippen molar-refractivity contribution in [2.45, 2.75) is 26.7 Å². The Labute approximate surface area is 184 Å².